The maximum absolute atomic E-state index is 12.0. The molecule has 0 radical (unpaired) electrons. The van der Waals surface area contributed by atoms with Gasteiger partial charge in [0.15, 0.2) is 0 Å². The summed E-state index contributed by atoms with van der Waals surface area (Å²) in [5.41, 5.74) is 0. The van der Waals surface area contributed by atoms with Gasteiger partial charge in [-0.2, -0.15) is 0 Å². The van der Waals surface area contributed by atoms with Gasteiger partial charge in [0.05, 0.1) is 31.0 Å². The van der Waals surface area contributed by atoms with Crippen LogP contribution >= 0.6 is 0 Å². The zero-order chi connectivity index (χ0) is 16.5. The smallest absolute Gasteiger partial charge is 0.309 e. The summed E-state index contributed by atoms with van der Waals surface area (Å²) in [7, 11) is 0. The Kier molecular flexibility index (Phi) is 7.91. The minimum absolute atomic E-state index is 0.124. The molecule has 1 aliphatic rings. The molecule has 0 spiro atoms. The number of carboxylic acid groups (broad SMARTS) is 1. The van der Waals surface area contributed by atoms with E-state index in [0.29, 0.717) is 19.3 Å². The standard InChI is InChI=1S/C16H26O6/c1-3-11(2)15(19)21-9-6-10-22-16(20)13-8-5-4-7-12(13)14(17)18/h11-13H,3-10H2,1-2H3,(H,17,18). The Balaban J connectivity index is 2.25. The van der Waals surface area contributed by atoms with Gasteiger partial charge in [-0.25, -0.2) is 0 Å². The van der Waals surface area contributed by atoms with Gasteiger partial charge < -0.3 is 14.6 Å². The molecule has 0 aromatic heterocycles. The Morgan fingerprint density at radius 1 is 1.09 bits per heavy atom. The molecule has 0 aromatic rings. The van der Waals surface area contributed by atoms with Crippen LogP contribution in [0.2, 0.25) is 0 Å². The summed E-state index contributed by atoms with van der Waals surface area (Å²) in [6.45, 7) is 4.08. The van der Waals surface area contributed by atoms with Crippen molar-refractivity contribution < 1.29 is 29.0 Å². The van der Waals surface area contributed by atoms with E-state index < -0.39 is 23.8 Å². The van der Waals surface area contributed by atoms with E-state index in [0.717, 1.165) is 19.3 Å². The molecule has 0 amide bonds. The largest absolute Gasteiger partial charge is 0.481 e. The Morgan fingerprint density at radius 2 is 1.68 bits per heavy atom. The van der Waals surface area contributed by atoms with Gasteiger partial charge in [0, 0.05) is 6.42 Å². The second kappa shape index (κ2) is 9.43. The highest BCUT2D eigenvalue weighted by Gasteiger charge is 2.36. The van der Waals surface area contributed by atoms with Crippen LogP contribution < -0.4 is 0 Å². The maximum atomic E-state index is 12.0. The molecule has 126 valence electrons. The molecule has 0 aromatic carbocycles. The number of aliphatic carboxylic acids is 1. The molecule has 6 heteroatoms. The average molecular weight is 314 g/mol. The Hall–Kier alpha value is -1.59. The lowest BCUT2D eigenvalue weighted by atomic mass is 9.79. The fourth-order valence-electron chi connectivity index (χ4n) is 2.53. The Bertz CT molecular complexity index is 392. The van der Waals surface area contributed by atoms with Crippen LogP contribution in [-0.4, -0.2) is 36.2 Å². The molecule has 1 fully saturated rings. The van der Waals surface area contributed by atoms with Crippen LogP contribution in [0.1, 0.15) is 52.4 Å². The Morgan fingerprint density at radius 3 is 2.27 bits per heavy atom. The lowest BCUT2D eigenvalue weighted by molar-refractivity contribution is -0.160. The van der Waals surface area contributed by atoms with Crippen LogP contribution in [0, 0.1) is 17.8 Å². The number of ether oxygens (including phenoxy) is 2. The third-order valence-electron chi connectivity index (χ3n) is 4.18. The Labute approximate surface area is 131 Å². The molecular formula is C16H26O6. The minimum Gasteiger partial charge on any atom is -0.481 e. The molecule has 1 aliphatic carbocycles. The van der Waals surface area contributed by atoms with Crippen molar-refractivity contribution in [2.75, 3.05) is 13.2 Å². The number of hydrogen-bond donors (Lipinski definition) is 1. The fourth-order valence-corrected chi connectivity index (χ4v) is 2.53. The zero-order valence-corrected chi connectivity index (χ0v) is 13.4. The highest BCUT2D eigenvalue weighted by Crippen LogP contribution is 2.31. The lowest BCUT2D eigenvalue weighted by Crippen LogP contribution is -2.34. The summed E-state index contributed by atoms with van der Waals surface area (Å²) < 4.78 is 10.2. The number of esters is 2. The number of hydrogen-bond acceptors (Lipinski definition) is 5. The molecule has 0 heterocycles. The third kappa shape index (κ3) is 5.66. The predicted molar refractivity (Wildman–Crippen MR) is 79.1 cm³/mol. The van der Waals surface area contributed by atoms with Gasteiger partial charge in [0.2, 0.25) is 0 Å². The van der Waals surface area contributed by atoms with Crippen molar-refractivity contribution in [2.45, 2.75) is 52.4 Å². The van der Waals surface area contributed by atoms with E-state index in [4.69, 9.17) is 14.6 Å². The molecule has 1 N–H and O–H groups in total. The first kappa shape index (κ1) is 18.5. The van der Waals surface area contributed by atoms with Crippen molar-refractivity contribution in [3.05, 3.63) is 0 Å². The molecule has 0 aliphatic heterocycles. The predicted octanol–water partition coefficient (Wildman–Crippen LogP) is 2.40. The van der Waals surface area contributed by atoms with Crippen molar-refractivity contribution in [2.24, 2.45) is 17.8 Å². The molecule has 3 unspecified atom stereocenters. The van der Waals surface area contributed by atoms with Crippen molar-refractivity contribution >= 4 is 17.9 Å². The third-order valence-corrected chi connectivity index (χ3v) is 4.18. The van der Waals surface area contributed by atoms with Crippen LogP contribution in [0.15, 0.2) is 0 Å². The van der Waals surface area contributed by atoms with E-state index in [1.165, 1.54) is 0 Å². The number of carboxylic acids is 1. The van der Waals surface area contributed by atoms with E-state index in [2.05, 4.69) is 0 Å². The highest BCUT2D eigenvalue weighted by atomic mass is 16.5. The fraction of sp³-hybridized carbons (Fsp3) is 0.812. The first-order valence-corrected chi connectivity index (χ1v) is 8.03. The molecule has 6 nitrogen and oxygen atoms in total. The number of carbonyl (C=O) groups is 3. The first-order chi connectivity index (χ1) is 10.5. The first-order valence-electron chi connectivity index (χ1n) is 8.03. The SMILES string of the molecule is CCC(C)C(=O)OCCCOC(=O)C1CCCCC1C(=O)O. The van der Waals surface area contributed by atoms with Crippen LogP contribution in [0.5, 0.6) is 0 Å². The van der Waals surface area contributed by atoms with E-state index >= 15 is 0 Å². The van der Waals surface area contributed by atoms with Crippen molar-refractivity contribution in [1.29, 1.82) is 0 Å². The van der Waals surface area contributed by atoms with Crippen LogP contribution in [0.4, 0.5) is 0 Å². The average Bonchev–Trinajstić information content (AvgIpc) is 2.53. The van der Waals surface area contributed by atoms with Gasteiger partial charge in [-0.1, -0.05) is 26.7 Å². The van der Waals surface area contributed by atoms with Gasteiger partial charge in [-0.3, -0.25) is 14.4 Å². The summed E-state index contributed by atoms with van der Waals surface area (Å²) in [5, 5.41) is 9.14. The van der Waals surface area contributed by atoms with E-state index in [-0.39, 0.29) is 25.1 Å². The van der Waals surface area contributed by atoms with Crippen LogP contribution in [0.25, 0.3) is 0 Å². The minimum atomic E-state index is -0.927. The normalized spacial score (nSPS) is 22.6. The van der Waals surface area contributed by atoms with Gasteiger partial charge in [0.1, 0.15) is 0 Å². The zero-order valence-electron chi connectivity index (χ0n) is 13.4. The quantitative estimate of drug-likeness (QED) is 0.546. The molecule has 1 saturated carbocycles. The molecule has 0 saturated heterocycles. The molecule has 1 rings (SSSR count). The monoisotopic (exact) mass is 314 g/mol. The highest BCUT2D eigenvalue weighted by molar-refractivity contribution is 5.81. The van der Waals surface area contributed by atoms with Crippen molar-refractivity contribution in [3.63, 3.8) is 0 Å². The molecule has 22 heavy (non-hydrogen) atoms. The summed E-state index contributed by atoms with van der Waals surface area (Å²) >= 11 is 0. The van der Waals surface area contributed by atoms with Gasteiger partial charge in [-0.15, -0.1) is 0 Å². The molecular weight excluding hydrogens is 288 g/mol. The van der Waals surface area contributed by atoms with Crippen LogP contribution in [0.3, 0.4) is 0 Å². The number of carbonyl (C=O) groups excluding carboxylic acids is 2. The number of rotatable bonds is 8. The van der Waals surface area contributed by atoms with E-state index in [1.807, 2.05) is 6.92 Å². The van der Waals surface area contributed by atoms with E-state index in [1.54, 1.807) is 6.92 Å². The topological polar surface area (TPSA) is 89.9 Å². The molecule has 3 atom stereocenters. The summed E-state index contributed by atoms with van der Waals surface area (Å²) in [4.78, 5) is 34.6. The summed E-state index contributed by atoms with van der Waals surface area (Å²) in [5.74, 6) is -2.92. The summed E-state index contributed by atoms with van der Waals surface area (Å²) in [6, 6.07) is 0. The second-order valence-corrected chi connectivity index (χ2v) is 5.83. The van der Waals surface area contributed by atoms with E-state index in [9.17, 15) is 14.4 Å². The maximum Gasteiger partial charge on any atom is 0.309 e. The van der Waals surface area contributed by atoms with Crippen molar-refractivity contribution in [1.82, 2.24) is 0 Å². The van der Waals surface area contributed by atoms with Crippen molar-refractivity contribution in [3.8, 4) is 0 Å². The molecule has 0 bridgehead atoms. The van der Waals surface area contributed by atoms with Gasteiger partial charge >= 0.3 is 17.9 Å². The van der Waals surface area contributed by atoms with Crippen LogP contribution in [-0.2, 0) is 23.9 Å². The van der Waals surface area contributed by atoms with Gasteiger partial charge in [-0.05, 0) is 19.3 Å². The van der Waals surface area contributed by atoms with Gasteiger partial charge in [0.25, 0.3) is 0 Å². The lowest BCUT2D eigenvalue weighted by Gasteiger charge is -2.26. The summed E-state index contributed by atoms with van der Waals surface area (Å²) in [6.07, 6.45) is 3.95. The second-order valence-electron chi connectivity index (χ2n) is 5.83.